The van der Waals surface area contributed by atoms with Crippen LogP contribution in [0, 0.1) is 11.8 Å². The van der Waals surface area contributed by atoms with E-state index in [2.05, 4.69) is 11.8 Å². The fourth-order valence-electron chi connectivity index (χ4n) is 1.60. The van der Waals surface area contributed by atoms with Gasteiger partial charge in [0.2, 0.25) is 0 Å². The number of ether oxygens (including phenoxy) is 1. The van der Waals surface area contributed by atoms with Crippen LogP contribution in [-0.2, 0) is 6.61 Å². The first kappa shape index (κ1) is 13.0. The molecule has 2 rings (SSSR count). The van der Waals surface area contributed by atoms with Crippen LogP contribution in [0.4, 0.5) is 0 Å². The molecule has 0 aliphatic rings. The number of benzene rings is 2. The Morgan fingerprint density at radius 1 is 1.11 bits per heavy atom. The van der Waals surface area contributed by atoms with Gasteiger partial charge in [0.15, 0.2) is 0 Å². The van der Waals surface area contributed by atoms with Gasteiger partial charge in [0.05, 0.1) is 6.54 Å². The summed E-state index contributed by atoms with van der Waals surface area (Å²) in [6, 6.07) is 14.5. The Morgan fingerprint density at radius 3 is 2.58 bits per heavy atom. The largest absolute Gasteiger partial charge is 0.508 e. The first-order chi connectivity index (χ1) is 9.28. The third kappa shape index (κ3) is 4.06. The van der Waals surface area contributed by atoms with Crippen molar-refractivity contribution in [2.24, 2.45) is 5.73 Å². The van der Waals surface area contributed by atoms with E-state index in [0.717, 1.165) is 16.9 Å². The summed E-state index contributed by atoms with van der Waals surface area (Å²) in [4.78, 5) is 0. The summed E-state index contributed by atoms with van der Waals surface area (Å²) in [5.41, 5.74) is 7.15. The highest BCUT2D eigenvalue weighted by Gasteiger charge is 1.97. The third-order valence-electron chi connectivity index (χ3n) is 2.51. The van der Waals surface area contributed by atoms with E-state index in [9.17, 15) is 5.11 Å². The number of phenols is 1. The molecule has 0 unspecified atom stereocenters. The maximum Gasteiger partial charge on any atom is 0.119 e. The van der Waals surface area contributed by atoms with E-state index in [0.29, 0.717) is 13.2 Å². The van der Waals surface area contributed by atoms with E-state index in [1.54, 1.807) is 18.2 Å². The zero-order valence-corrected chi connectivity index (χ0v) is 10.5. The van der Waals surface area contributed by atoms with E-state index >= 15 is 0 Å². The quantitative estimate of drug-likeness (QED) is 0.825. The molecule has 0 amide bonds. The minimum Gasteiger partial charge on any atom is -0.508 e. The number of rotatable bonds is 3. The van der Waals surface area contributed by atoms with Gasteiger partial charge in [-0.15, -0.1) is 0 Å². The lowest BCUT2D eigenvalue weighted by Crippen LogP contribution is -1.95. The van der Waals surface area contributed by atoms with Crippen molar-refractivity contribution < 1.29 is 9.84 Å². The molecule has 0 spiro atoms. The first-order valence-electron chi connectivity index (χ1n) is 5.97. The second kappa shape index (κ2) is 6.48. The van der Waals surface area contributed by atoms with Gasteiger partial charge >= 0.3 is 0 Å². The monoisotopic (exact) mass is 253 g/mol. The van der Waals surface area contributed by atoms with Crippen molar-refractivity contribution in [3.8, 4) is 23.3 Å². The van der Waals surface area contributed by atoms with Gasteiger partial charge in [-0.1, -0.05) is 24.0 Å². The molecule has 3 N–H and O–H groups in total. The number of hydrogen-bond acceptors (Lipinski definition) is 3. The predicted octanol–water partition coefficient (Wildman–Crippen LogP) is 2.28. The molecule has 96 valence electrons. The first-order valence-corrected chi connectivity index (χ1v) is 5.97. The summed E-state index contributed by atoms with van der Waals surface area (Å²) in [5, 5.41) is 9.35. The topological polar surface area (TPSA) is 55.5 Å². The average Bonchev–Trinajstić information content (AvgIpc) is 2.44. The Balaban J connectivity index is 1.96. The van der Waals surface area contributed by atoms with Crippen LogP contribution < -0.4 is 10.5 Å². The maximum absolute atomic E-state index is 9.35. The highest BCUT2D eigenvalue weighted by atomic mass is 16.5. The second-order valence-corrected chi connectivity index (χ2v) is 3.99. The zero-order valence-electron chi connectivity index (χ0n) is 10.5. The second-order valence-electron chi connectivity index (χ2n) is 3.99. The van der Waals surface area contributed by atoms with Gasteiger partial charge < -0.3 is 15.6 Å². The minimum atomic E-state index is 0.244. The van der Waals surface area contributed by atoms with Gasteiger partial charge in [0, 0.05) is 5.56 Å². The molecular weight excluding hydrogens is 238 g/mol. The Hall–Kier alpha value is -2.44. The van der Waals surface area contributed by atoms with E-state index in [1.807, 2.05) is 30.3 Å². The van der Waals surface area contributed by atoms with Crippen LogP contribution in [0.2, 0.25) is 0 Å². The molecule has 3 heteroatoms. The van der Waals surface area contributed by atoms with Crippen LogP contribution in [0.5, 0.6) is 11.5 Å². The molecule has 2 aromatic carbocycles. The summed E-state index contributed by atoms with van der Waals surface area (Å²) in [6.45, 7) is 0.776. The molecule has 19 heavy (non-hydrogen) atoms. The smallest absolute Gasteiger partial charge is 0.119 e. The van der Waals surface area contributed by atoms with Crippen molar-refractivity contribution in [1.82, 2.24) is 0 Å². The van der Waals surface area contributed by atoms with Crippen molar-refractivity contribution in [3.63, 3.8) is 0 Å². The highest BCUT2D eigenvalue weighted by molar-refractivity contribution is 5.38. The molecule has 0 heterocycles. The fourth-order valence-corrected chi connectivity index (χ4v) is 1.60. The Kier molecular flexibility index (Phi) is 4.44. The van der Waals surface area contributed by atoms with Crippen molar-refractivity contribution in [1.29, 1.82) is 0 Å². The molecule has 0 aliphatic carbocycles. The lowest BCUT2D eigenvalue weighted by Gasteiger charge is -2.06. The van der Waals surface area contributed by atoms with Crippen LogP contribution in [0.25, 0.3) is 0 Å². The Bertz CT molecular complexity index is 594. The fraction of sp³-hybridized carbons (Fsp3) is 0.125. The van der Waals surface area contributed by atoms with Crippen LogP contribution >= 0.6 is 0 Å². The Morgan fingerprint density at radius 2 is 1.89 bits per heavy atom. The maximum atomic E-state index is 9.35. The lowest BCUT2D eigenvalue weighted by atomic mass is 10.2. The number of phenolic OH excluding ortho intramolecular Hbond substituents is 1. The van der Waals surface area contributed by atoms with E-state index in [-0.39, 0.29) is 5.75 Å². The standard InChI is InChI=1S/C16H15NO2/c17-10-2-4-13-6-8-16(9-7-13)19-12-14-3-1-5-15(18)11-14/h1,3,5-9,11,18H,10,12,17H2. The van der Waals surface area contributed by atoms with Gasteiger partial charge in [0.25, 0.3) is 0 Å². The SMILES string of the molecule is NCC#Cc1ccc(OCc2cccc(O)c2)cc1. The molecule has 0 atom stereocenters. The van der Waals surface area contributed by atoms with Crippen molar-refractivity contribution in [3.05, 3.63) is 59.7 Å². The van der Waals surface area contributed by atoms with Gasteiger partial charge in [-0.3, -0.25) is 0 Å². The normalized spacial score (nSPS) is 9.53. The molecule has 0 radical (unpaired) electrons. The van der Waals surface area contributed by atoms with Crippen LogP contribution in [0.15, 0.2) is 48.5 Å². The summed E-state index contributed by atoms with van der Waals surface area (Å²) in [7, 11) is 0. The predicted molar refractivity (Wildman–Crippen MR) is 74.8 cm³/mol. The van der Waals surface area contributed by atoms with Gasteiger partial charge in [-0.2, -0.15) is 0 Å². The number of nitrogens with two attached hydrogens (primary N) is 1. The third-order valence-corrected chi connectivity index (χ3v) is 2.51. The van der Waals surface area contributed by atoms with E-state index in [4.69, 9.17) is 10.5 Å². The lowest BCUT2D eigenvalue weighted by molar-refractivity contribution is 0.305. The van der Waals surface area contributed by atoms with Crippen molar-refractivity contribution in [2.75, 3.05) is 6.54 Å². The summed E-state index contributed by atoms with van der Waals surface area (Å²) < 4.78 is 5.62. The highest BCUT2D eigenvalue weighted by Crippen LogP contribution is 2.16. The Labute approximate surface area is 112 Å². The van der Waals surface area contributed by atoms with Gasteiger partial charge in [-0.25, -0.2) is 0 Å². The van der Waals surface area contributed by atoms with Crippen LogP contribution in [0.1, 0.15) is 11.1 Å². The number of aromatic hydroxyl groups is 1. The summed E-state index contributed by atoms with van der Waals surface area (Å²) in [5.74, 6) is 6.76. The molecule has 0 fully saturated rings. The molecule has 0 aliphatic heterocycles. The molecule has 0 bridgehead atoms. The molecule has 3 nitrogen and oxygen atoms in total. The minimum absolute atomic E-state index is 0.244. The van der Waals surface area contributed by atoms with Crippen LogP contribution in [-0.4, -0.2) is 11.7 Å². The molecule has 0 saturated heterocycles. The molecule has 0 aromatic heterocycles. The van der Waals surface area contributed by atoms with Crippen molar-refractivity contribution >= 4 is 0 Å². The van der Waals surface area contributed by atoms with Crippen LogP contribution in [0.3, 0.4) is 0 Å². The molecule has 2 aromatic rings. The number of hydrogen-bond donors (Lipinski definition) is 2. The van der Waals surface area contributed by atoms with E-state index in [1.165, 1.54) is 0 Å². The van der Waals surface area contributed by atoms with Crippen molar-refractivity contribution in [2.45, 2.75) is 6.61 Å². The average molecular weight is 253 g/mol. The molecule has 0 saturated carbocycles. The zero-order chi connectivity index (χ0) is 13.5. The summed E-state index contributed by atoms with van der Waals surface area (Å²) in [6.07, 6.45) is 0. The van der Waals surface area contributed by atoms with Gasteiger partial charge in [0.1, 0.15) is 18.1 Å². The molecular formula is C16H15NO2. The van der Waals surface area contributed by atoms with E-state index < -0.39 is 0 Å². The van der Waals surface area contributed by atoms with Gasteiger partial charge in [-0.05, 0) is 42.0 Å². The summed E-state index contributed by atoms with van der Waals surface area (Å²) >= 11 is 0.